The van der Waals surface area contributed by atoms with Crippen LogP contribution in [-0.4, -0.2) is 22.4 Å². The van der Waals surface area contributed by atoms with E-state index in [1.54, 1.807) is 42.5 Å². The largest absolute Gasteiger partial charge is 0.328 e. The van der Waals surface area contributed by atoms with Crippen molar-refractivity contribution in [1.82, 2.24) is 4.68 Å². The van der Waals surface area contributed by atoms with E-state index < -0.39 is 23.5 Å². The van der Waals surface area contributed by atoms with Crippen LogP contribution < -0.4 is 16.1 Å². The molecule has 0 saturated carbocycles. The van der Waals surface area contributed by atoms with Gasteiger partial charge >= 0.3 is 11.8 Å². The Balaban J connectivity index is 1.64. The first kappa shape index (κ1) is 23.2. The summed E-state index contributed by atoms with van der Waals surface area (Å²) in [5.74, 6) is -3.13. The normalized spacial score (nSPS) is 10.7. The minimum atomic E-state index is -0.973. The predicted molar refractivity (Wildman–Crippen MR) is 133 cm³/mol. The zero-order valence-electron chi connectivity index (χ0n) is 18.3. The summed E-state index contributed by atoms with van der Waals surface area (Å²) in [6.45, 7) is 3.76. The standard InChI is InChI=1S/C25H20BrFN4O3/c1-14-9-15(2)11-18(10-14)28-24(33)25(34)30-31-21-8-7-17(26)12-16(21)13-22(31)23(32)29-20-6-4-3-5-19(20)27/h3-13H,1-2H3,(H,28,33)(H,29,32)(H,30,34). The van der Waals surface area contributed by atoms with E-state index in [1.165, 1.54) is 22.9 Å². The quantitative estimate of drug-likeness (QED) is 0.325. The molecule has 4 aromatic rings. The third-order valence-corrected chi connectivity index (χ3v) is 5.51. The minimum absolute atomic E-state index is 0.00984. The second-order valence-electron chi connectivity index (χ2n) is 7.77. The zero-order valence-corrected chi connectivity index (χ0v) is 19.9. The molecule has 0 radical (unpaired) electrons. The summed E-state index contributed by atoms with van der Waals surface area (Å²) in [4.78, 5) is 38.3. The molecule has 9 heteroatoms. The molecule has 4 rings (SSSR count). The van der Waals surface area contributed by atoms with Crippen molar-refractivity contribution in [3.8, 4) is 0 Å². The van der Waals surface area contributed by atoms with E-state index in [0.717, 1.165) is 15.6 Å². The molecule has 0 unspecified atom stereocenters. The summed E-state index contributed by atoms with van der Waals surface area (Å²) in [7, 11) is 0. The van der Waals surface area contributed by atoms with Gasteiger partial charge in [-0.15, -0.1) is 0 Å². The molecule has 0 bridgehead atoms. The third-order valence-electron chi connectivity index (χ3n) is 5.02. The Morgan fingerprint density at radius 3 is 2.26 bits per heavy atom. The number of rotatable bonds is 4. The average Bonchev–Trinajstić information content (AvgIpc) is 3.12. The topological polar surface area (TPSA) is 92.2 Å². The van der Waals surface area contributed by atoms with E-state index >= 15 is 0 Å². The maximum Gasteiger partial charge on any atom is 0.328 e. The molecule has 1 heterocycles. The number of nitrogens with zero attached hydrogens (tertiary/aromatic N) is 1. The van der Waals surface area contributed by atoms with Gasteiger partial charge in [0.2, 0.25) is 0 Å². The fourth-order valence-corrected chi connectivity index (χ4v) is 3.99. The second-order valence-corrected chi connectivity index (χ2v) is 8.69. The summed E-state index contributed by atoms with van der Waals surface area (Å²) in [5.41, 5.74) is 5.32. The van der Waals surface area contributed by atoms with Crippen molar-refractivity contribution in [3.05, 3.63) is 93.8 Å². The SMILES string of the molecule is Cc1cc(C)cc(NC(=O)C(=O)Nn2c(C(=O)Nc3ccccc3F)cc3cc(Br)ccc32)c1. The summed E-state index contributed by atoms with van der Waals surface area (Å²) in [6.07, 6.45) is 0. The maximum atomic E-state index is 14.1. The van der Waals surface area contributed by atoms with Gasteiger partial charge in [-0.2, -0.15) is 0 Å². The number of hydrogen-bond acceptors (Lipinski definition) is 3. The van der Waals surface area contributed by atoms with Gasteiger partial charge in [0.1, 0.15) is 11.5 Å². The number of carbonyl (C=O) groups is 3. The average molecular weight is 523 g/mol. The van der Waals surface area contributed by atoms with Crippen LogP contribution in [0.3, 0.4) is 0 Å². The number of carbonyl (C=O) groups excluding carboxylic acids is 3. The van der Waals surface area contributed by atoms with E-state index in [0.29, 0.717) is 16.6 Å². The number of anilines is 2. The molecule has 0 atom stereocenters. The highest BCUT2D eigenvalue weighted by Crippen LogP contribution is 2.24. The molecule has 0 aliphatic rings. The molecule has 3 N–H and O–H groups in total. The maximum absolute atomic E-state index is 14.1. The first-order valence-electron chi connectivity index (χ1n) is 10.3. The predicted octanol–water partition coefficient (Wildman–Crippen LogP) is 5.12. The van der Waals surface area contributed by atoms with Crippen molar-refractivity contribution in [2.24, 2.45) is 0 Å². The molecule has 0 spiro atoms. The van der Waals surface area contributed by atoms with Gasteiger partial charge in [-0.25, -0.2) is 9.07 Å². The number of para-hydroxylation sites is 1. The number of nitrogens with one attached hydrogen (secondary N) is 3. The van der Waals surface area contributed by atoms with Crippen molar-refractivity contribution in [2.45, 2.75) is 13.8 Å². The van der Waals surface area contributed by atoms with E-state index in [2.05, 4.69) is 32.0 Å². The number of fused-ring (bicyclic) bond motifs is 1. The number of hydrogen-bond donors (Lipinski definition) is 3. The van der Waals surface area contributed by atoms with Crippen LogP contribution in [0.25, 0.3) is 10.9 Å². The molecule has 172 valence electrons. The Hall–Kier alpha value is -3.98. The van der Waals surface area contributed by atoms with Crippen LogP contribution in [0.5, 0.6) is 0 Å². The van der Waals surface area contributed by atoms with Crippen molar-refractivity contribution in [1.29, 1.82) is 0 Å². The van der Waals surface area contributed by atoms with Crippen LogP contribution in [0.4, 0.5) is 15.8 Å². The Morgan fingerprint density at radius 1 is 0.853 bits per heavy atom. The minimum Gasteiger partial charge on any atom is -0.318 e. The Morgan fingerprint density at radius 2 is 1.56 bits per heavy atom. The van der Waals surface area contributed by atoms with Crippen molar-refractivity contribution < 1.29 is 18.8 Å². The lowest BCUT2D eigenvalue weighted by Crippen LogP contribution is -2.36. The van der Waals surface area contributed by atoms with Gasteiger partial charge in [0.15, 0.2) is 0 Å². The van der Waals surface area contributed by atoms with Crippen LogP contribution >= 0.6 is 15.9 Å². The van der Waals surface area contributed by atoms with Gasteiger partial charge in [-0.3, -0.25) is 19.8 Å². The highest BCUT2D eigenvalue weighted by molar-refractivity contribution is 9.10. The highest BCUT2D eigenvalue weighted by Gasteiger charge is 2.22. The first-order valence-corrected chi connectivity index (χ1v) is 11.1. The number of halogens is 2. The summed E-state index contributed by atoms with van der Waals surface area (Å²) in [5, 5.41) is 5.69. The van der Waals surface area contributed by atoms with Crippen molar-refractivity contribution in [3.63, 3.8) is 0 Å². The Kier molecular flexibility index (Phi) is 6.47. The molecular weight excluding hydrogens is 503 g/mol. The number of aryl methyl sites for hydroxylation is 2. The van der Waals surface area contributed by atoms with Crippen LogP contribution in [0.1, 0.15) is 21.6 Å². The van der Waals surface area contributed by atoms with Gasteiger partial charge < -0.3 is 10.6 Å². The Bertz CT molecular complexity index is 1430. The van der Waals surface area contributed by atoms with E-state index in [4.69, 9.17) is 0 Å². The van der Waals surface area contributed by atoms with Gasteiger partial charge in [0.25, 0.3) is 5.91 Å². The fourth-order valence-electron chi connectivity index (χ4n) is 3.61. The molecule has 34 heavy (non-hydrogen) atoms. The van der Waals surface area contributed by atoms with Crippen LogP contribution in [0.15, 0.2) is 71.2 Å². The van der Waals surface area contributed by atoms with Crippen molar-refractivity contribution >= 4 is 55.9 Å². The zero-order chi connectivity index (χ0) is 24.4. The molecule has 0 aliphatic carbocycles. The fraction of sp³-hybridized carbons (Fsp3) is 0.0800. The van der Waals surface area contributed by atoms with Crippen LogP contribution in [0.2, 0.25) is 0 Å². The molecule has 7 nitrogen and oxygen atoms in total. The van der Waals surface area contributed by atoms with E-state index in [-0.39, 0.29) is 11.4 Å². The van der Waals surface area contributed by atoms with Crippen molar-refractivity contribution in [2.75, 3.05) is 16.1 Å². The lowest BCUT2D eigenvalue weighted by atomic mass is 10.1. The molecule has 0 fully saturated rings. The molecule has 3 aromatic carbocycles. The summed E-state index contributed by atoms with van der Waals surface area (Å²) < 4.78 is 16.0. The van der Waals surface area contributed by atoms with Crippen LogP contribution in [-0.2, 0) is 9.59 Å². The third kappa shape index (κ3) is 4.99. The molecule has 1 aromatic heterocycles. The van der Waals surface area contributed by atoms with Gasteiger partial charge in [-0.05, 0) is 73.5 Å². The molecule has 3 amide bonds. The Labute approximate surface area is 203 Å². The molecular formula is C25H20BrFN4O3. The van der Waals surface area contributed by atoms with Gasteiger partial charge in [-0.1, -0.05) is 34.1 Å². The van der Waals surface area contributed by atoms with E-state index in [1.807, 2.05) is 19.9 Å². The molecule has 0 saturated heterocycles. The smallest absolute Gasteiger partial charge is 0.318 e. The van der Waals surface area contributed by atoms with E-state index in [9.17, 15) is 18.8 Å². The monoisotopic (exact) mass is 522 g/mol. The molecule has 0 aliphatic heterocycles. The van der Waals surface area contributed by atoms with Gasteiger partial charge in [0.05, 0.1) is 11.2 Å². The van der Waals surface area contributed by atoms with Crippen LogP contribution in [0, 0.1) is 19.7 Å². The summed E-state index contributed by atoms with van der Waals surface area (Å²) >= 11 is 3.38. The lowest BCUT2D eigenvalue weighted by Gasteiger charge is -2.13. The number of aromatic nitrogens is 1. The summed E-state index contributed by atoms with van der Waals surface area (Å²) in [6, 6.07) is 17.9. The number of amides is 3. The first-order chi connectivity index (χ1) is 16.2. The number of benzene rings is 3. The lowest BCUT2D eigenvalue weighted by molar-refractivity contribution is -0.133. The second kappa shape index (κ2) is 9.48. The highest BCUT2D eigenvalue weighted by atomic mass is 79.9. The van der Waals surface area contributed by atoms with Gasteiger partial charge in [0, 0.05) is 15.5 Å².